The quantitative estimate of drug-likeness (QED) is 0.325. The van der Waals surface area contributed by atoms with Crippen molar-refractivity contribution in [1.82, 2.24) is 30.0 Å². The lowest BCUT2D eigenvalue weighted by Crippen LogP contribution is -2.38. The van der Waals surface area contributed by atoms with Gasteiger partial charge in [0.25, 0.3) is 17.4 Å². The van der Waals surface area contributed by atoms with E-state index in [1.807, 2.05) is 0 Å². The molecule has 1 aliphatic rings. The van der Waals surface area contributed by atoms with Gasteiger partial charge in [-0.05, 0) is 25.0 Å². The Labute approximate surface area is 204 Å². The van der Waals surface area contributed by atoms with Gasteiger partial charge in [-0.3, -0.25) is 29.5 Å². The molecule has 3 aromatic heterocycles. The Morgan fingerprint density at radius 3 is 2.71 bits per heavy atom. The van der Waals surface area contributed by atoms with Gasteiger partial charge in [0.2, 0.25) is 0 Å². The largest absolute Gasteiger partial charge is 0.338 e. The van der Waals surface area contributed by atoms with Crippen LogP contribution in [0.15, 0.2) is 33.2 Å². The van der Waals surface area contributed by atoms with Crippen molar-refractivity contribution in [1.29, 1.82) is 0 Å². The minimum atomic E-state index is -0.708. The molecule has 0 unspecified atom stereocenters. The summed E-state index contributed by atoms with van der Waals surface area (Å²) in [6, 6.07) is 4.13. The fraction of sp³-hybridized carbons (Fsp3) is 0.238. The molecule has 0 saturated carbocycles. The van der Waals surface area contributed by atoms with Gasteiger partial charge in [-0.2, -0.15) is 5.10 Å². The molecule has 14 heteroatoms. The molecule has 0 bridgehead atoms. The van der Waals surface area contributed by atoms with Crippen LogP contribution in [0.3, 0.4) is 0 Å². The highest BCUT2D eigenvalue weighted by molar-refractivity contribution is 7.10. The van der Waals surface area contributed by atoms with Crippen molar-refractivity contribution in [3.05, 3.63) is 71.5 Å². The second-order valence-corrected chi connectivity index (χ2v) is 9.22. The standard InChI is InChI=1S/C21H17ClFN7O4S/c22-10-2-1-3-11(23)13(10)20(33)30-6-4-9(5-7-30)19-24-12(8-35-19)17(31)25-15-14-16(29-28-15)26-21(34)27-18(14)32/h1-3,8-9H,4-7H2,(H4,25,26,27,28,29,31,32,34). The van der Waals surface area contributed by atoms with E-state index >= 15 is 0 Å². The molecule has 1 aliphatic heterocycles. The Hall–Kier alpha value is -3.84. The van der Waals surface area contributed by atoms with E-state index < -0.39 is 28.9 Å². The zero-order valence-corrected chi connectivity index (χ0v) is 19.4. The van der Waals surface area contributed by atoms with E-state index in [0.29, 0.717) is 25.9 Å². The number of halogens is 2. The number of piperidine rings is 1. The van der Waals surface area contributed by atoms with Crippen LogP contribution in [-0.4, -0.2) is 55.0 Å². The molecular formula is C21H17ClFN7O4S. The van der Waals surface area contributed by atoms with Crippen molar-refractivity contribution >= 4 is 51.6 Å². The fourth-order valence-electron chi connectivity index (χ4n) is 4.00. The zero-order chi connectivity index (χ0) is 24.7. The number of nitrogens with one attached hydrogen (secondary N) is 4. The van der Waals surface area contributed by atoms with Crippen LogP contribution in [0.1, 0.15) is 44.6 Å². The molecule has 180 valence electrons. The van der Waals surface area contributed by atoms with Gasteiger partial charge in [-0.25, -0.2) is 14.2 Å². The lowest BCUT2D eigenvalue weighted by atomic mass is 9.97. The number of thiazole rings is 1. The molecule has 35 heavy (non-hydrogen) atoms. The Balaban J connectivity index is 1.25. The molecule has 0 aliphatic carbocycles. The van der Waals surface area contributed by atoms with Crippen LogP contribution in [0.2, 0.25) is 5.02 Å². The Kier molecular flexibility index (Phi) is 5.94. The highest BCUT2D eigenvalue weighted by Crippen LogP contribution is 2.32. The van der Waals surface area contributed by atoms with Crippen molar-refractivity contribution in [3.8, 4) is 0 Å². The van der Waals surface area contributed by atoms with E-state index in [1.54, 1.807) is 10.3 Å². The number of H-pyrrole nitrogens is 3. The molecule has 1 aromatic carbocycles. The summed E-state index contributed by atoms with van der Waals surface area (Å²) in [7, 11) is 0. The maximum absolute atomic E-state index is 14.1. The first-order chi connectivity index (χ1) is 16.8. The molecule has 0 radical (unpaired) electrons. The normalized spacial score (nSPS) is 14.4. The number of likely N-dealkylation sites (tertiary alicyclic amines) is 1. The van der Waals surface area contributed by atoms with Crippen LogP contribution >= 0.6 is 22.9 Å². The van der Waals surface area contributed by atoms with Gasteiger partial charge >= 0.3 is 5.69 Å². The SMILES string of the molecule is O=C(Nc1[nH]nc2[nH]c(=O)[nH]c(=O)c12)c1csc(C2CCN(C(=O)c3c(F)cccc3Cl)CC2)n1. The first-order valence-corrected chi connectivity index (χ1v) is 11.8. The highest BCUT2D eigenvalue weighted by atomic mass is 35.5. The smallest absolute Gasteiger partial charge is 0.327 e. The molecule has 11 nitrogen and oxygen atoms in total. The van der Waals surface area contributed by atoms with Crippen LogP contribution in [0.4, 0.5) is 10.2 Å². The van der Waals surface area contributed by atoms with Crippen LogP contribution in [-0.2, 0) is 0 Å². The average Bonchev–Trinajstić information content (AvgIpc) is 3.47. The van der Waals surface area contributed by atoms with E-state index in [4.69, 9.17) is 11.6 Å². The third kappa shape index (κ3) is 4.35. The number of amides is 2. The summed E-state index contributed by atoms with van der Waals surface area (Å²) in [5.41, 5.74) is -1.35. The maximum Gasteiger partial charge on any atom is 0.327 e. The number of anilines is 1. The van der Waals surface area contributed by atoms with Gasteiger partial charge in [-0.15, -0.1) is 11.3 Å². The lowest BCUT2D eigenvalue weighted by molar-refractivity contribution is 0.0708. The minimum Gasteiger partial charge on any atom is -0.338 e. The summed E-state index contributed by atoms with van der Waals surface area (Å²) in [4.78, 5) is 59.3. The van der Waals surface area contributed by atoms with E-state index in [1.165, 1.54) is 29.5 Å². The topological polar surface area (TPSA) is 157 Å². The minimum absolute atomic E-state index is 0.0143. The zero-order valence-electron chi connectivity index (χ0n) is 17.9. The monoisotopic (exact) mass is 517 g/mol. The third-order valence-electron chi connectivity index (χ3n) is 5.75. The fourth-order valence-corrected chi connectivity index (χ4v) is 5.21. The van der Waals surface area contributed by atoms with Gasteiger partial charge in [0.15, 0.2) is 5.65 Å². The number of carbonyl (C=O) groups is 2. The second-order valence-electron chi connectivity index (χ2n) is 7.92. The predicted octanol–water partition coefficient (Wildman–Crippen LogP) is 2.46. The summed E-state index contributed by atoms with van der Waals surface area (Å²) < 4.78 is 14.1. The number of aromatic nitrogens is 5. The van der Waals surface area contributed by atoms with E-state index in [9.17, 15) is 23.6 Å². The Bertz CT molecular complexity index is 1550. The summed E-state index contributed by atoms with van der Waals surface area (Å²) in [6.07, 6.45) is 1.20. The van der Waals surface area contributed by atoms with Gasteiger partial charge in [0, 0.05) is 24.4 Å². The van der Waals surface area contributed by atoms with Crippen LogP contribution in [0.5, 0.6) is 0 Å². The van der Waals surface area contributed by atoms with Crippen LogP contribution in [0.25, 0.3) is 11.0 Å². The van der Waals surface area contributed by atoms with Gasteiger partial charge < -0.3 is 10.2 Å². The first kappa shape index (κ1) is 22.9. The summed E-state index contributed by atoms with van der Waals surface area (Å²) in [5, 5.41) is 11.3. The van der Waals surface area contributed by atoms with Crippen LogP contribution in [0, 0.1) is 5.82 Å². The molecular weight excluding hydrogens is 501 g/mol. The number of hydrogen-bond acceptors (Lipinski definition) is 7. The molecule has 5 rings (SSSR count). The molecule has 0 atom stereocenters. The molecule has 1 saturated heterocycles. The Morgan fingerprint density at radius 1 is 1.20 bits per heavy atom. The van der Waals surface area contributed by atoms with Crippen molar-refractivity contribution < 1.29 is 14.0 Å². The molecule has 2 amide bonds. The first-order valence-electron chi connectivity index (χ1n) is 10.5. The molecule has 4 heterocycles. The number of carbonyl (C=O) groups excluding carboxylic acids is 2. The number of benzene rings is 1. The highest BCUT2D eigenvalue weighted by Gasteiger charge is 2.29. The van der Waals surface area contributed by atoms with Crippen molar-refractivity contribution in [2.45, 2.75) is 18.8 Å². The maximum atomic E-state index is 14.1. The lowest BCUT2D eigenvalue weighted by Gasteiger charge is -2.31. The summed E-state index contributed by atoms with van der Waals surface area (Å²) in [5.74, 6) is -1.59. The number of hydrogen-bond donors (Lipinski definition) is 4. The van der Waals surface area contributed by atoms with Crippen molar-refractivity contribution in [2.75, 3.05) is 18.4 Å². The van der Waals surface area contributed by atoms with Crippen LogP contribution < -0.4 is 16.6 Å². The molecule has 4 aromatic rings. The molecule has 1 fully saturated rings. The Morgan fingerprint density at radius 2 is 1.97 bits per heavy atom. The van der Waals surface area contributed by atoms with E-state index in [-0.39, 0.29) is 39.0 Å². The van der Waals surface area contributed by atoms with Gasteiger partial charge in [-0.1, -0.05) is 17.7 Å². The van der Waals surface area contributed by atoms with E-state index in [2.05, 4.69) is 30.5 Å². The van der Waals surface area contributed by atoms with E-state index in [0.717, 1.165) is 5.01 Å². The predicted molar refractivity (Wildman–Crippen MR) is 127 cm³/mol. The number of aromatic amines is 3. The number of rotatable bonds is 4. The van der Waals surface area contributed by atoms with Crippen molar-refractivity contribution in [2.24, 2.45) is 0 Å². The second kappa shape index (κ2) is 9.07. The van der Waals surface area contributed by atoms with Crippen molar-refractivity contribution in [3.63, 3.8) is 0 Å². The third-order valence-corrected chi connectivity index (χ3v) is 7.08. The molecule has 0 spiro atoms. The summed E-state index contributed by atoms with van der Waals surface area (Å²) in [6.45, 7) is 0.798. The number of nitrogens with zero attached hydrogens (tertiary/aromatic N) is 3. The molecule has 4 N–H and O–H groups in total. The average molecular weight is 518 g/mol. The summed E-state index contributed by atoms with van der Waals surface area (Å²) >= 11 is 7.34. The van der Waals surface area contributed by atoms with Gasteiger partial charge in [0.05, 0.1) is 15.6 Å². The van der Waals surface area contributed by atoms with Gasteiger partial charge in [0.1, 0.15) is 22.7 Å². The number of fused-ring (bicyclic) bond motifs is 1.